The van der Waals surface area contributed by atoms with Gasteiger partial charge in [0, 0.05) is 13.0 Å². The van der Waals surface area contributed by atoms with Crippen molar-refractivity contribution < 1.29 is 31.1 Å². The molecule has 1 atom stereocenters. The van der Waals surface area contributed by atoms with Gasteiger partial charge in [-0.1, -0.05) is 23.7 Å². The van der Waals surface area contributed by atoms with Crippen LogP contribution >= 0.6 is 11.6 Å². The number of amides is 1. The minimum atomic E-state index is -4.60. The molecule has 0 saturated carbocycles. The van der Waals surface area contributed by atoms with E-state index in [-0.39, 0.29) is 35.1 Å². The topological polar surface area (TPSA) is 75.7 Å². The van der Waals surface area contributed by atoms with Gasteiger partial charge in [-0.3, -0.25) is 9.10 Å². The predicted octanol–water partition coefficient (Wildman–Crippen LogP) is 3.91. The van der Waals surface area contributed by atoms with Crippen LogP contribution in [0.2, 0.25) is 5.02 Å². The van der Waals surface area contributed by atoms with Crippen molar-refractivity contribution in [2.45, 2.75) is 18.7 Å². The van der Waals surface area contributed by atoms with E-state index >= 15 is 0 Å². The number of anilines is 2. The summed E-state index contributed by atoms with van der Waals surface area (Å²) < 4.78 is 69.7. The summed E-state index contributed by atoms with van der Waals surface area (Å²) in [6.45, 7) is -0.0374. The number of nitrogens with zero attached hydrogens (tertiary/aromatic N) is 1. The molecule has 2 aromatic rings. The van der Waals surface area contributed by atoms with Gasteiger partial charge in [0.05, 0.1) is 28.2 Å². The minimum absolute atomic E-state index is 0.00976. The molecule has 156 valence electrons. The van der Waals surface area contributed by atoms with E-state index in [1.165, 1.54) is 6.07 Å². The van der Waals surface area contributed by atoms with E-state index in [1.807, 2.05) is 0 Å². The number of carbonyl (C=O) groups excluding carboxylic acids is 1. The number of rotatable bonds is 3. The molecule has 0 radical (unpaired) electrons. The van der Waals surface area contributed by atoms with E-state index in [1.54, 1.807) is 18.2 Å². The summed E-state index contributed by atoms with van der Waals surface area (Å²) in [4.78, 5) is 12.7. The average molecular weight is 449 g/mol. The number of hydrogen-bond donors (Lipinski definition) is 1. The summed E-state index contributed by atoms with van der Waals surface area (Å²) in [5, 5.41) is 2.27. The fraction of sp³-hybridized carbons (Fsp3) is 0.278. The lowest BCUT2D eigenvalue weighted by molar-refractivity contribution is -0.137. The van der Waals surface area contributed by atoms with Crippen molar-refractivity contribution in [1.29, 1.82) is 0 Å². The van der Waals surface area contributed by atoms with Crippen LogP contribution in [0.3, 0.4) is 0 Å². The van der Waals surface area contributed by atoms with E-state index in [0.29, 0.717) is 0 Å². The molecule has 1 aliphatic rings. The number of alkyl halides is 3. The molecule has 0 bridgehead atoms. The van der Waals surface area contributed by atoms with Gasteiger partial charge in [0.2, 0.25) is 10.0 Å². The molecule has 0 aliphatic carbocycles. The smallest absolute Gasteiger partial charge is 0.416 e. The molecular weight excluding hydrogens is 433 g/mol. The van der Waals surface area contributed by atoms with Crippen LogP contribution in [0, 0.1) is 0 Å². The third-order valence-electron chi connectivity index (χ3n) is 4.24. The second-order valence-corrected chi connectivity index (χ2v) is 8.69. The summed E-state index contributed by atoms with van der Waals surface area (Å²) in [7, 11) is -3.62. The molecule has 0 aromatic heterocycles. The molecule has 1 N–H and O–H groups in total. The van der Waals surface area contributed by atoms with Crippen molar-refractivity contribution in [3.63, 3.8) is 0 Å². The molecule has 29 heavy (non-hydrogen) atoms. The van der Waals surface area contributed by atoms with Crippen LogP contribution < -0.4 is 14.4 Å². The maximum Gasteiger partial charge on any atom is 0.416 e. The molecule has 1 heterocycles. The Bertz CT molecular complexity index is 1040. The highest BCUT2D eigenvalue weighted by molar-refractivity contribution is 7.92. The van der Waals surface area contributed by atoms with Crippen LogP contribution in [0.1, 0.15) is 12.0 Å². The quantitative estimate of drug-likeness (QED) is 0.772. The highest BCUT2D eigenvalue weighted by Crippen LogP contribution is 2.36. The summed E-state index contributed by atoms with van der Waals surface area (Å²) in [5.74, 6) is -0.568. The van der Waals surface area contributed by atoms with Crippen molar-refractivity contribution in [2.75, 3.05) is 22.4 Å². The number of benzene rings is 2. The van der Waals surface area contributed by atoms with Gasteiger partial charge < -0.3 is 10.1 Å². The van der Waals surface area contributed by atoms with Crippen LogP contribution in [-0.2, 0) is 21.0 Å². The number of halogens is 4. The molecular formula is C18H16ClF3N2O4S. The lowest BCUT2D eigenvalue weighted by Gasteiger charge is -2.20. The molecule has 1 unspecified atom stereocenters. The zero-order valence-corrected chi connectivity index (χ0v) is 16.6. The summed E-state index contributed by atoms with van der Waals surface area (Å²) in [6, 6.07) is 8.87. The predicted molar refractivity (Wildman–Crippen MR) is 103 cm³/mol. The Kier molecular flexibility index (Phi) is 5.68. The molecule has 1 aliphatic heterocycles. The van der Waals surface area contributed by atoms with Crippen molar-refractivity contribution in [1.82, 2.24) is 0 Å². The van der Waals surface area contributed by atoms with Gasteiger partial charge >= 0.3 is 6.18 Å². The first-order chi connectivity index (χ1) is 13.5. The molecule has 11 heteroatoms. The van der Waals surface area contributed by atoms with Crippen molar-refractivity contribution >= 4 is 38.9 Å². The van der Waals surface area contributed by atoms with Gasteiger partial charge in [-0.05, 0) is 30.3 Å². The first-order valence-electron chi connectivity index (χ1n) is 8.38. The Morgan fingerprint density at radius 2 is 1.93 bits per heavy atom. The number of carbonyl (C=O) groups is 1. The first kappa shape index (κ1) is 21.3. The molecule has 0 saturated heterocycles. The summed E-state index contributed by atoms with van der Waals surface area (Å²) in [5.41, 5.74) is -0.900. The number of fused-ring (bicyclic) bond motifs is 1. The second-order valence-electron chi connectivity index (χ2n) is 6.38. The molecule has 0 fully saturated rings. The molecule has 1 amide bonds. The normalized spacial score (nSPS) is 17.1. The Balaban J connectivity index is 1.87. The van der Waals surface area contributed by atoms with Gasteiger partial charge in [0.25, 0.3) is 5.91 Å². The van der Waals surface area contributed by atoms with E-state index in [9.17, 15) is 26.4 Å². The van der Waals surface area contributed by atoms with Gasteiger partial charge in [-0.2, -0.15) is 13.2 Å². The lowest BCUT2D eigenvalue weighted by atomic mass is 10.1. The maximum absolute atomic E-state index is 12.9. The maximum atomic E-state index is 12.9. The third kappa shape index (κ3) is 4.76. The van der Waals surface area contributed by atoms with Crippen molar-refractivity contribution in [3.05, 3.63) is 53.1 Å². The zero-order valence-electron chi connectivity index (χ0n) is 15.0. The molecule has 2 aromatic carbocycles. The standard InChI is InChI=1S/C18H16ClF3N2O4S/c1-29(26,27)24-9-8-16(28-15-5-3-2-4-14(15)24)17(25)23-13-10-11(18(20,21)22)6-7-12(13)19/h2-7,10,16H,8-9H2,1H3,(H,23,25). The Morgan fingerprint density at radius 1 is 1.24 bits per heavy atom. The Morgan fingerprint density at radius 3 is 2.59 bits per heavy atom. The minimum Gasteiger partial charge on any atom is -0.478 e. The van der Waals surface area contributed by atoms with Crippen LogP contribution in [0.25, 0.3) is 0 Å². The second kappa shape index (κ2) is 7.75. The largest absolute Gasteiger partial charge is 0.478 e. The Labute approximate surface area is 170 Å². The van der Waals surface area contributed by atoms with Crippen LogP contribution in [-0.4, -0.2) is 33.2 Å². The van der Waals surface area contributed by atoms with E-state index in [0.717, 1.165) is 28.8 Å². The monoisotopic (exact) mass is 448 g/mol. The molecule has 6 nitrogen and oxygen atoms in total. The van der Waals surface area contributed by atoms with Gasteiger partial charge in [0.1, 0.15) is 5.75 Å². The van der Waals surface area contributed by atoms with Gasteiger partial charge in [-0.25, -0.2) is 8.42 Å². The summed E-state index contributed by atoms with van der Waals surface area (Å²) in [6.07, 6.45) is -4.71. The van der Waals surface area contributed by atoms with E-state index < -0.39 is 33.8 Å². The highest BCUT2D eigenvalue weighted by Gasteiger charge is 2.33. The third-order valence-corrected chi connectivity index (χ3v) is 5.75. The van der Waals surface area contributed by atoms with E-state index in [4.69, 9.17) is 16.3 Å². The van der Waals surface area contributed by atoms with Gasteiger partial charge in [-0.15, -0.1) is 0 Å². The first-order valence-corrected chi connectivity index (χ1v) is 10.6. The Hall–Kier alpha value is -2.46. The molecule has 3 rings (SSSR count). The number of para-hydroxylation sites is 2. The lowest BCUT2D eigenvalue weighted by Crippen LogP contribution is -2.36. The van der Waals surface area contributed by atoms with Crippen molar-refractivity contribution in [2.24, 2.45) is 0 Å². The van der Waals surface area contributed by atoms with Gasteiger partial charge in [0.15, 0.2) is 6.10 Å². The van der Waals surface area contributed by atoms with Crippen LogP contribution in [0.4, 0.5) is 24.5 Å². The number of hydrogen-bond acceptors (Lipinski definition) is 4. The van der Waals surface area contributed by atoms with Crippen LogP contribution in [0.15, 0.2) is 42.5 Å². The average Bonchev–Trinajstić information content (AvgIpc) is 2.82. The van der Waals surface area contributed by atoms with E-state index in [2.05, 4.69) is 5.32 Å². The van der Waals surface area contributed by atoms with Crippen molar-refractivity contribution in [3.8, 4) is 5.75 Å². The summed E-state index contributed by atoms with van der Waals surface area (Å²) >= 11 is 5.92. The molecule has 0 spiro atoms. The zero-order chi connectivity index (χ0) is 21.4. The number of ether oxygens (including phenoxy) is 1. The fourth-order valence-corrected chi connectivity index (χ4v) is 3.98. The number of sulfonamides is 1. The number of nitrogens with one attached hydrogen (secondary N) is 1. The highest BCUT2D eigenvalue weighted by atomic mass is 35.5. The fourth-order valence-electron chi connectivity index (χ4n) is 2.87. The SMILES string of the molecule is CS(=O)(=O)N1CCC(C(=O)Nc2cc(C(F)(F)F)ccc2Cl)Oc2ccccc21. The van der Waals surface area contributed by atoms with Crippen LogP contribution in [0.5, 0.6) is 5.75 Å².